The smallest absolute Gasteiger partial charge is 0.246 e. The van der Waals surface area contributed by atoms with Crippen LogP contribution in [0.2, 0.25) is 0 Å². The van der Waals surface area contributed by atoms with Crippen LogP contribution in [-0.2, 0) is 27.2 Å². The summed E-state index contributed by atoms with van der Waals surface area (Å²) in [4.78, 5) is 42.9. The number of likely N-dealkylation sites (N-methyl/N-ethyl adjacent to an activating group) is 3. The Balaban J connectivity index is 1.93. The lowest BCUT2D eigenvalue weighted by Gasteiger charge is -2.34. The van der Waals surface area contributed by atoms with Crippen molar-refractivity contribution in [1.82, 2.24) is 15.1 Å². The molecule has 0 unspecified atom stereocenters. The Morgan fingerprint density at radius 2 is 1.50 bits per heavy atom. The molecule has 3 amide bonds. The summed E-state index contributed by atoms with van der Waals surface area (Å²) < 4.78 is 13.5. The van der Waals surface area contributed by atoms with Gasteiger partial charge in [0.1, 0.15) is 17.9 Å². The Morgan fingerprint density at radius 3 is 2.12 bits per heavy atom. The predicted molar refractivity (Wildman–Crippen MR) is 157 cm³/mol. The van der Waals surface area contributed by atoms with Gasteiger partial charge in [0.2, 0.25) is 17.7 Å². The minimum atomic E-state index is -0.880. The third-order valence-electron chi connectivity index (χ3n) is 6.95. The van der Waals surface area contributed by atoms with Gasteiger partial charge in [-0.1, -0.05) is 60.7 Å². The molecule has 3 N–H and O–H groups in total. The van der Waals surface area contributed by atoms with Crippen molar-refractivity contribution in [1.29, 1.82) is 0 Å². The van der Waals surface area contributed by atoms with Crippen molar-refractivity contribution in [2.45, 2.75) is 50.7 Å². The number of hydrogen-bond donors (Lipinski definition) is 2. The van der Waals surface area contributed by atoms with Crippen LogP contribution in [-0.4, -0.2) is 66.3 Å². The van der Waals surface area contributed by atoms with Crippen LogP contribution in [0.5, 0.6) is 0 Å². The van der Waals surface area contributed by atoms with E-state index in [1.807, 2.05) is 56.3 Å². The molecule has 0 aromatic heterocycles. The van der Waals surface area contributed by atoms with Gasteiger partial charge in [-0.2, -0.15) is 0 Å². The van der Waals surface area contributed by atoms with Gasteiger partial charge in [0.15, 0.2) is 0 Å². The van der Waals surface area contributed by atoms with Crippen LogP contribution in [0.3, 0.4) is 0 Å². The van der Waals surface area contributed by atoms with Crippen molar-refractivity contribution in [3.05, 3.63) is 95.8 Å². The number of benzene rings is 3. The molecule has 0 heterocycles. The summed E-state index contributed by atoms with van der Waals surface area (Å²) >= 11 is 0. The lowest BCUT2D eigenvalue weighted by atomic mass is 9.98. The predicted octanol–water partition coefficient (Wildman–Crippen LogP) is 3.85. The van der Waals surface area contributed by atoms with E-state index in [1.165, 1.54) is 35.1 Å². The van der Waals surface area contributed by atoms with Crippen LogP contribution >= 0.6 is 0 Å². The lowest BCUT2D eigenvalue weighted by molar-refractivity contribution is -0.146. The van der Waals surface area contributed by atoms with Crippen LogP contribution < -0.4 is 11.1 Å². The fourth-order valence-corrected chi connectivity index (χ4v) is 4.52. The van der Waals surface area contributed by atoms with Crippen molar-refractivity contribution in [3.8, 4) is 0 Å². The highest BCUT2D eigenvalue weighted by Crippen LogP contribution is 2.20. The summed E-state index contributed by atoms with van der Waals surface area (Å²) in [6, 6.07) is 18.0. The molecule has 0 saturated heterocycles. The van der Waals surface area contributed by atoms with E-state index < -0.39 is 17.6 Å². The number of carbonyl (C=O) groups excluding carboxylic acids is 3. The van der Waals surface area contributed by atoms with E-state index in [2.05, 4.69) is 5.32 Å². The van der Waals surface area contributed by atoms with Gasteiger partial charge in [-0.05, 0) is 60.4 Å². The van der Waals surface area contributed by atoms with E-state index in [0.29, 0.717) is 12.0 Å². The van der Waals surface area contributed by atoms with E-state index >= 15 is 0 Å². The molecule has 3 aromatic carbocycles. The zero-order valence-electron chi connectivity index (χ0n) is 23.9. The summed E-state index contributed by atoms with van der Waals surface area (Å²) in [6.45, 7) is 3.74. The van der Waals surface area contributed by atoms with Crippen LogP contribution in [0.15, 0.2) is 78.9 Å². The Morgan fingerprint density at radius 1 is 0.900 bits per heavy atom. The fourth-order valence-electron chi connectivity index (χ4n) is 4.52. The minimum Gasteiger partial charge on any atom is -0.357 e. The first-order valence-electron chi connectivity index (χ1n) is 13.3. The Kier molecular flexibility index (Phi) is 10.2. The summed E-state index contributed by atoms with van der Waals surface area (Å²) in [7, 11) is 4.65. The first-order chi connectivity index (χ1) is 18.9. The highest BCUT2D eigenvalue weighted by molar-refractivity contribution is 5.95. The van der Waals surface area contributed by atoms with Crippen molar-refractivity contribution < 1.29 is 18.8 Å². The number of fused-ring (bicyclic) bond motifs is 1. The zero-order chi connectivity index (χ0) is 29.4. The molecule has 212 valence electrons. The lowest BCUT2D eigenvalue weighted by Crippen LogP contribution is -2.55. The van der Waals surface area contributed by atoms with E-state index in [1.54, 1.807) is 32.3 Å². The van der Waals surface area contributed by atoms with Gasteiger partial charge in [0.05, 0.1) is 0 Å². The number of carbonyl (C=O) groups is 3. The molecule has 0 radical (unpaired) electrons. The number of hydrogen-bond acceptors (Lipinski definition) is 4. The Labute approximate surface area is 235 Å². The minimum absolute atomic E-state index is 0.189. The van der Waals surface area contributed by atoms with Gasteiger partial charge in [0, 0.05) is 39.5 Å². The van der Waals surface area contributed by atoms with E-state index in [0.717, 1.165) is 16.3 Å². The second-order valence-corrected chi connectivity index (χ2v) is 10.9. The summed E-state index contributed by atoms with van der Waals surface area (Å²) in [5.74, 6) is -1.46. The number of nitrogens with two attached hydrogens (primary N) is 1. The maximum absolute atomic E-state index is 14.0. The van der Waals surface area contributed by atoms with Gasteiger partial charge >= 0.3 is 0 Å². The molecule has 0 spiro atoms. The maximum atomic E-state index is 14.0. The van der Waals surface area contributed by atoms with Crippen LogP contribution in [0.1, 0.15) is 31.4 Å². The molecule has 0 aliphatic rings. The molecule has 2 atom stereocenters. The molecule has 3 rings (SSSR count). The van der Waals surface area contributed by atoms with Crippen LogP contribution in [0.4, 0.5) is 4.39 Å². The molecule has 0 saturated carbocycles. The quantitative estimate of drug-likeness (QED) is 0.357. The standard InChI is InChI=1S/C32H39FN4O3/c1-32(2,34)18-8-11-29(38)36(4)28(21-23-12-15-24-9-6-7-10-25(24)19-23)31(40)37(5)27(30(39)35-3)20-22-13-16-26(33)17-14-22/h6-17,19,27-28H,18,20-21,34H2,1-5H3,(H,35,39)/t27-,28-/m1/s1. The number of nitrogens with one attached hydrogen (secondary N) is 1. The topological polar surface area (TPSA) is 95.7 Å². The number of halogens is 1. The molecule has 0 bridgehead atoms. The molecular formula is C32H39FN4O3. The average Bonchev–Trinajstić information content (AvgIpc) is 2.93. The summed E-state index contributed by atoms with van der Waals surface area (Å²) in [6.07, 6.45) is 4.08. The molecule has 40 heavy (non-hydrogen) atoms. The summed E-state index contributed by atoms with van der Waals surface area (Å²) in [5, 5.41) is 4.72. The third kappa shape index (κ3) is 8.23. The third-order valence-corrected chi connectivity index (χ3v) is 6.95. The zero-order valence-corrected chi connectivity index (χ0v) is 23.9. The largest absolute Gasteiger partial charge is 0.357 e. The van der Waals surface area contributed by atoms with Crippen molar-refractivity contribution in [3.63, 3.8) is 0 Å². The fraction of sp³-hybridized carbons (Fsp3) is 0.344. The number of nitrogens with zero attached hydrogens (tertiary/aromatic N) is 2. The van der Waals surface area contributed by atoms with Gasteiger partial charge in [-0.25, -0.2) is 4.39 Å². The number of rotatable bonds is 11. The second-order valence-electron chi connectivity index (χ2n) is 10.9. The second kappa shape index (κ2) is 13.3. The van der Waals surface area contributed by atoms with E-state index in [-0.39, 0.29) is 36.4 Å². The Hall–Kier alpha value is -4.04. The van der Waals surface area contributed by atoms with E-state index in [4.69, 9.17) is 5.73 Å². The van der Waals surface area contributed by atoms with Crippen LogP contribution in [0, 0.1) is 5.82 Å². The van der Waals surface area contributed by atoms with Crippen molar-refractivity contribution >= 4 is 28.5 Å². The molecule has 0 aliphatic heterocycles. The first-order valence-corrected chi connectivity index (χ1v) is 13.3. The molecule has 0 fully saturated rings. The molecule has 0 aliphatic carbocycles. The first kappa shape index (κ1) is 30.5. The Bertz CT molecular complexity index is 1360. The van der Waals surface area contributed by atoms with Gasteiger partial charge in [-0.3, -0.25) is 14.4 Å². The maximum Gasteiger partial charge on any atom is 0.246 e. The molecule has 3 aromatic rings. The highest BCUT2D eigenvalue weighted by atomic mass is 19.1. The molecular weight excluding hydrogens is 507 g/mol. The normalized spacial score (nSPS) is 13.2. The van der Waals surface area contributed by atoms with Crippen LogP contribution in [0.25, 0.3) is 10.8 Å². The summed E-state index contributed by atoms with van der Waals surface area (Å²) in [5.41, 5.74) is 7.16. The average molecular weight is 547 g/mol. The molecule has 8 heteroatoms. The van der Waals surface area contributed by atoms with Gasteiger partial charge < -0.3 is 20.9 Å². The van der Waals surface area contributed by atoms with Gasteiger partial charge in [0.25, 0.3) is 0 Å². The monoisotopic (exact) mass is 546 g/mol. The van der Waals surface area contributed by atoms with E-state index in [9.17, 15) is 18.8 Å². The van der Waals surface area contributed by atoms with Crippen molar-refractivity contribution in [2.75, 3.05) is 21.1 Å². The van der Waals surface area contributed by atoms with Crippen molar-refractivity contribution in [2.24, 2.45) is 5.73 Å². The highest BCUT2D eigenvalue weighted by Gasteiger charge is 2.34. The number of amides is 3. The SMILES string of the molecule is CNC(=O)[C@@H](Cc1ccc(F)cc1)N(C)C(=O)[C@@H](Cc1ccc2ccccc2c1)N(C)C(=O)C=CCC(C)(C)N. The van der Waals surface area contributed by atoms with Gasteiger partial charge in [-0.15, -0.1) is 0 Å². The molecule has 7 nitrogen and oxygen atoms in total.